The van der Waals surface area contributed by atoms with Crippen molar-refractivity contribution in [2.24, 2.45) is 0 Å². The van der Waals surface area contributed by atoms with Crippen molar-refractivity contribution in [3.05, 3.63) is 69.8 Å². The van der Waals surface area contributed by atoms with E-state index in [0.717, 1.165) is 19.6 Å². The topological polar surface area (TPSA) is 75.5 Å². The Bertz CT molecular complexity index is 753. The molecular weight excluding hydrogens is 318 g/mol. The van der Waals surface area contributed by atoms with Crippen LogP contribution in [-0.4, -0.2) is 28.8 Å². The summed E-state index contributed by atoms with van der Waals surface area (Å²) in [6.07, 6.45) is 3.82. The third kappa shape index (κ3) is 4.42. The molecular formula is C19H21N3O3. The van der Waals surface area contributed by atoms with E-state index in [1.165, 1.54) is 37.0 Å². The third-order valence-electron chi connectivity index (χ3n) is 4.41. The fourth-order valence-electron chi connectivity index (χ4n) is 3.09. The SMILES string of the molecule is O=C(Nc1ccc(CN2CCCCC2)cc1)c1ccccc1[N+](=O)[O-]. The van der Waals surface area contributed by atoms with Crippen molar-refractivity contribution in [1.82, 2.24) is 4.90 Å². The highest BCUT2D eigenvalue weighted by atomic mass is 16.6. The average molecular weight is 339 g/mol. The number of nitro groups is 1. The van der Waals surface area contributed by atoms with E-state index >= 15 is 0 Å². The van der Waals surface area contributed by atoms with E-state index in [-0.39, 0.29) is 11.3 Å². The van der Waals surface area contributed by atoms with E-state index in [1.54, 1.807) is 12.1 Å². The molecule has 130 valence electrons. The van der Waals surface area contributed by atoms with Crippen LogP contribution in [0.4, 0.5) is 11.4 Å². The average Bonchev–Trinajstić information content (AvgIpc) is 2.64. The highest BCUT2D eigenvalue weighted by Crippen LogP contribution is 2.20. The normalized spacial score (nSPS) is 14.9. The molecule has 25 heavy (non-hydrogen) atoms. The zero-order valence-corrected chi connectivity index (χ0v) is 14.0. The lowest BCUT2D eigenvalue weighted by atomic mass is 10.1. The lowest BCUT2D eigenvalue weighted by Crippen LogP contribution is -2.29. The molecule has 0 aromatic heterocycles. The number of para-hydroxylation sites is 1. The first kappa shape index (κ1) is 17.1. The fourth-order valence-corrected chi connectivity index (χ4v) is 3.09. The van der Waals surface area contributed by atoms with Gasteiger partial charge in [0.1, 0.15) is 5.56 Å². The van der Waals surface area contributed by atoms with Crippen LogP contribution in [0.15, 0.2) is 48.5 Å². The number of hydrogen-bond donors (Lipinski definition) is 1. The number of likely N-dealkylation sites (tertiary alicyclic amines) is 1. The summed E-state index contributed by atoms with van der Waals surface area (Å²) in [6.45, 7) is 3.19. The third-order valence-corrected chi connectivity index (χ3v) is 4.41. The number of amides is 1. The van der Waals surface area contributed by atoms with E-state index in [0.29, 0.717) is 5.69 Å². The Labute approximate surface area is 146 Å². The van der Waals surface area contributed by atoms with Crippen molar-refractivity contribution in [3.63, 3.8) is 0 Å². The summed E-state index contributed by atoms with van der Waals surface area (Å²) in [6, 6.07) is 13.6. The monoisotopic (exact) mass is 339 g/mol. The Morgan fingerprint density at radius 1 is 1.04 bits per heavy atom. The van der Waals surface area contributed by atoms with E-state index in [1.807, 2.05) is 24.3 Å². The van der Waals surface area contributed by atoms with Gasteiger partial charge in [0.05, 0.1) is 4.92 Å². The summed E-state index contributed by atoms with van der Waals surface area (Å²) in [7, 11) is 0. The molecule has 0 aliphatic carbocycles. The van der Waals surface area contributed by atoms with Gasteiger partial charge in [-0.05, 0) is 49.7 Å². The quantitative estimate of drug-likeness (QED) is 0.663. The smallest absolute Gasteiger partial charge is 0.282 e. The molecule has 1 aliphatic rings. The molecule has 1 N–H and O–H groups in total. The van der Waals surface area contributed by atoms with Crippen LogP contribution >= 0.6 is 0 Å². The number of anilines is 1. The van der Waals surface area contributed by atoms with Crippen molar-refractivity contribution >= 4 is 17.3 Å². The summed E-state index contributed by atoms with van der Waals surface area (Å²) in [5.74, 6) is -0.476. The summed E-state index contributed by atoms with van der Waals surface area (Å²) < 4.78 is 0. The molecule has 0 unspecified atom stereocenters. The van der Waals surface area contributed by atoms with Crippen LogP contribution in [0, 0.1) is 10.1 Å². The second-order valence-electron chi connectivity index (χ2n) is 6.26. The minimum Gasteiger partial charge on any atom is -0.322 e. The molecule has 1 amide bonds. The van der Waals surface area contributed by atoms with Crippen molar-refractivity contribution in [1.29, 1.82) is 0 Å². The van der Waals surface area contributed by atoms with Gasteiger partial charge in [-0.15, -0.1) is 0 Å². The van der Waals surface area contributed by atoms with Crippen molar-refractivity contribution in [2.45, 2.75) is 25.8 Å². The number of hydrogen-bond acceptors (Lipinski definition) is 4. The van der Waals surface area contributed by atoms with Gasteiger partial charge in [-0.3, -0.25) is 19.8 Å². The van der Waals surface area contributed by atoms with Crippen molar-refractivity contribution < 1.29 is 9.72 Å². The number of carbonyl (C=O) groups excluding carboxylic acids is 1. The summed E-state index contributed by atoms with van der Waals surface area (Å²) in [5.41, 5.74) is 1.70. The molecule has 2 aromatic carbocycles. The molecule has 1 fully saturated rings. The number of piperidine rings is 1. The van der Waals surface area contributed by atoms with Gasteiger partial charge in [0.2, 0.25) is 0 Å². The molecule has 0 radical (unpaired) electrons. The number of nitrogens with zero attached hydrogens (tertiary/aromatic N) is 2. The number of nitrogens with one attached hydrogen (secondary N) is 1. The Morgan fingerprint density at radius 2 is 1.72 bits per heavy atom. The van der Waals surface area contributed by atoms with Gasteiger partial charge >= 0.3 is 0 Å². The Hall–Kier alpha value is -2.73. The number of benzene rings is 2. The standard InChI is InChI=1S/C19H21N3O3/c23-19(17-6-2-3-7-18(17)22(24)25)20-16-10-8-15(9-11-16)14-21-12-4-1-5-13-21/h2-3,6-11H,1,4-5,12-14H2,(H,20,23). The number of carbonyl (C=O) groups is 1. The van der Waals surface area contributed by atoms with Gasteiger partial charge < -0.3 is 5.32 Å². The Kier molecular flexibility index (Phi) is 5.40. The minimum atomic E-state index is -0.545. The first-order chi connectivity index (χ1) is 12.1. The van der Waals surface area contributed by atoms with Crippen LogP contribution in [0.5, 0.6) is 0 Å². The molecule has 0 atom stereocenters. The van der Waals surface area contributed by atoms with E-state index in [9.17, 15) is 14.9 Å². The first-order valence-corrected chi connectivity index (χ1v) is 8.49. The molecule has 0 saturated carbocycles. The summed E-state index contributed by atoms with van der Waals surface area (Å²) in [5, 5.41) is 13.8. The van der Waals surface area contributed by atoms with Gasteiger partial charge in [0.25, 0.3) is 11.6 Å². The molecule has 0 bridgehead atoms. The highest BCUT2D eigenvalue weighted by Gasteiger charge is 2.19. The lowest BCUT2D eigenvalue weighted by molar-refractivity contribution is -0.385. The number of nitro benzene ring substituents is 1. The predicted octanol–water partition coefficient (Wildman–Crippen LogP) is 3.83. The molecule has 1 saturated heterocycles. The highest BCUT2D eigenvalue weighted by molar-refractivity contribution is 6.07. The maximum Gasteiger partial charge on any atom is 0.282 e. The van der Waals surface area contributed by atoms with E-state index < -0.39 is 10.8 Å². The fraction of sp³-hybridized carbons (Fsp3) is 0.316. The van der Waals surface area contributed by atoms with Crippen LogP contribution in [-0.2, 0) is 6.54 Å². The van der Waals surface area contributed by atoms with Gasteiger partial charge in [0, 0.05) is 18.3 Å². The van der Waals surface area contributed by atoms with Crippen molar-refractivity contribution in [2.75, 3.05) is 18.4 Å². The number of rotatable bonds is 5. The molecule has 6 nitrogen and oxygen atoms in total. The minimum absolute atomic E-state index is 0.0601. The van der Waals surface area contributed by atoms with Gasteiger partial charge in [-0.25, -0.2) is 0 Å². The Morgan fingerprint density at radius 3 is 2.40 bits per heavy atom. The molecule has 3 rings (SSSR count). The van der Waals surface area contributed by atoms with Gasteiger partial charge in [0.15, 0.2) is 0 Å². The zero-order chi connectivity index (χ0) is 17.6. The second-order valence-corrected chi connectivity index (χ2v) is 6.26. The van der Waals surface area contributed by atoms with E-state index in [4.69, 9.17) is 0 Å². The molecule has 1 heterocycles. The van der Waals surface area contributed by atoms with E-state index in [2.05, 4.69) is 10.2 Å². The second kappa shape index (κ2) is 7.90. The molecule has 6 heteroatoms. The molecule has 0 spiro atoms. The zero-order valence-electron chi connectivity index (χ0n) is 14.0. The van der Waals surface area contributed by atoms with Crippen LogP contribution in [0.1, 0.15) is 35.2 Å². The van der Waals surface area contributed by atoms with Crippen LogP contribution in [0.3, 0.4) is 0 Å². The van der Waals surface area contributed by atoms with Crippen molar-refractivity contribution in [3.8, 4) is 0 Å². The summed E-state index contributed by atoms with van der Waals surface area (Å²) in [4.78, 5) is 25.2. The maximum absolute atomic E-state index is 12.3. The van der Waals surface area contributed by atoms with Crippen LogP contribution in [0.2, 0.25) is 0 Å². The molecule has 2 aromatic rings. The van der Waals surface area contributed by atoms with Crippen LogP contribution in [0.25, 0.3) is 0 Å². The van der Waals surface area contributed by atoms with Gasteiger partial charge in [-0.1, -0.05) is 30.7 Å². The molecule has 1 aliphatic heterocycles. The Balaban J connectivity index is 1.65. The largest absolute Gasteiger partial charge is 0.322 e. The van der Waals surface area contributed by atoms with Crippen LogP contribution < -0.4 is 5.32 Å². The lowest BCUT2D eigenvalue weighted by Gasteiger charge is -2.26. The van der Waals surface area contributed by atoms with Gasteiger partial charge in [-0.2, -0.15) is 0 Å². The predicted molar refractivity (Wildman–Crippen MR) is 96.6 cm³/mol. The maximum atomic E-state index is 12.3. The summed E-state index contributed by atoms with van der Waals surface area (Å²) >= 11 is 0. The first-order valence-electron chi connectivity index (χ1n) is 8.49.